The third-order valence-corrected chi connectivity index (χ3v) is 4.07. The maximum absolute atomic E-state index is 5.98. The summed E-state index contributed by atoms with van der Waals surface area (Å²) >= 11 is 0. The van der Waals surface area contributed by atoms with E-state index in [2.05, 4.69) is 34.2 Å². The van der Waals surface area contributed by atoms with Crippen molar-refractivity contribution in [2.75, 3.05) is 18.8 Å². The van der Waals surface area contributed by atoms with Gasteiger partial charge in [-0.2, -0.15) is 5.10 Å². The molecule has 101 valence electrons. The first kappa shape index (κ1) is 12.5. The van der Waals surface area contributed by atoms with Crippen LogP contribution in [0.3, 0.4) is 0 Å². The molecule has 1 aliphatic rings. The van der Waals surface area contributed by atoms with Gasteiger partial charge in [0, 0.05) is 30.7 Å². The number of aromatic nitrogens is 2. The summed E-state index contributed by atoms with van der Waals surface area (Å²) in [5, 5.41) is 5.58. The van der Waals surface area contributed by atoms with Crippen molar-refractivity contribution in [1.29, 1.82) is 0 Å². The highest BCUT2D eigenvalue weighted by Gasteiger charge is 2.20. The van der Waals surface area contributed by atoms with E-state index in [-0.39, 0.29) is 0 Å². The van der Waals surface area contributed by atoms with Crippen molar-refractivity contribution >= 4 is 16.6 Å². The predicted octanol–water partition coefficient (Wildman–Crippen LogP) is 2.51. The molecule has 0 amide bonds. The van der Waals surface area contributed by atoms with E-state index >= 15 is 0 Å². The van der Waals surface area contributed by atoms with Gasteiger partial charge in [-0.25, -0.2) is 0 Å². The molecule has 1 radical (unpaired) electrons. The lowest BCUT2D eigenvalue weighted by molar-refractivity contribution is 0.194. The second-order valence-corrected chi connectivity index (χ2v) is 5.37. The second-order valence-electron chi connectivity index (χ2n) is 5.37. The number of likely N-dealkylation sites (tertiary alicyclic amines) is 1. The van der Waals surface area contributed by atoms with E-state index in [0.29, 0.717) is 5.92 Å². The average molecular weight is 257 g/mol. The smallest absolute Gasteiger partial charge is 0.0703 e. The van der Waals surface area contributed by atoms with Gasteiger partial charge in [-0.05, 0) is 44.4 Å². The molecule has 3 rings (SSSR count). The van der Waals surface area contributed by atoms with Gasteiger partial charge in [0.2, 0.25) is 0 Å². The monoisotopic (exact) mass is 257 g/mol. The molecule has 0 bridgehead atoms. The maximum atomic E-state index is 5.98. The van der Waals surface area contributed by atoms with Gasteiger partial charge in [0.05, 0.1) is 11.7 Å². The number of nitrogens with two attached hydrogens (primary N) is 1. The van der Waals surface area contributed by atoms with Crippen molar-refractivity contribution in [2.24, 2.45) is 5.92 Å². The van der Waals surface area contributed by atoms with E-state index in [1.165, 1.54) is 19.4 Å². The first-order chi connectivity index (χ1) is 9.28. The number of hydrogen-bond donors (Lipinski definition) is 1. The molecule has 1 unspecified atom stereocenters. The van der Waals surface area contributed by atoms with Crippen molar-refractivity contribution in [3.05, 3.63) is 30.9 Å². The Kier molecular flexibility index (Phi) is 3.42. The summed E-state index contributed by atoms with van der Waals surface area (Å²) in [4.78, 5) is 2.41. The Morgan fingerprint density at radius 3 is 3.21 bits per heavy atom. The fourth-order valence-electron chi connectivity index (χ4n) is 3.00. The van der Waals surface area contributed by atoms with Crippen LogP contribution < -0.4 is 5.73 Å². The van der Waals surface area contributed by atoms with E-state index in [1.54, 1.807) is 0 Å². The van der Waals surface area contributed by atoms with E-state index in [1.807, 2.05) is 18.3 Å². The summed E-state index contributed by atoms with van der Waals surface area (Å²) in [5.74, 6) is 0.675. The zero-order valence-electron chi connectivity index (χ0n) is 11.4. The first-order valence-electron chi connectivity index (χ1n) is 7.01. The van der Waals surface area contributed by atoms with Crippen molar-refractivity contribution in [3.8, 4) is 0 Å². The summed E-state index contributed by atoms with van der Waals surface area (Å²) in [6.45, 7) is 7.63. The SMILES string of the molecule is C[CH]N1CCCC(Cn2ncc3c(N)cccc32)C1. The minimum absolute atomic E-state index is 0.675. The number of anilines is 1. The number of fused-ring (bicyclic) bond motifs is 1. The molecule has 2 aromatic rings. The lowest BCUT2D eigenvalue weighted by Crippen LogP contribution is -2.34. The third-order valence-electron chi connectivity index (χ3n) is 4.07. The Morgan fingerprint density at radius 1 is 1.47 bits per heavy atom. The zero-order valence-corrected chi connectivity index (χ0v) is 11.4. The summed E-state index contributed by atoms with van der Waals surface area (Å²) in [6.07, 6.45) is 4.45. The number of rotatable bonds is 3. The number of nitrogens with zero attached hydrogens (tertiary/aromatic N) is 3. The van der Waals surface area contributed by atoms with Crippen LogP contribution in [0, 0.1) is 12.5 Å². The molecule has 1 atom stereocenters. The van der Waals surface area contributed by atoms with E-state index in [4.69, 9.17) is 5.73 Å². The van der Waals surface area contributed by atoms with Crippen LogP contribution in [0.1, 0.15) is 19.8 Å². The highest BCUT2D eigenvalue weighted by molar-refractivity contribution is 5.90. The lowest BCUT2D eigenvalue weighted by Gasteiger charge is -2.31. The molecule has 1 fully saturated rings. The highest BCUT2D eigenvalue weighted by atomic mass is 15.3. The molecule has 2 heterocycles. The molecular weight excluding hydrogens is 236 g/mol. The molecule has 1 aromatic heterocycles. The van der Waals surface area contributed by atoms with Crippen LogP contribution in [0.5, 0.6) is 0 Å². The van der Waals surface area contributed by atoms with Crippen LogP contribution in [0.25, 0.3) is 10.9 Å². The quantitative estimate of drug-likeness (QED) is 0.859. The van der Waals surface area contributed by atoms with Gasteiger partial charge in [0.15, 0.2) is 0 Å². The van der Waals surface area contributed by atoms with Crippen LogP contribution in [0.2, 0.25) is 0 Å². The molecule has 1 aliphatic heterocycles. The summed E-state index contributed by atoms with van der Waals surface area (Å²) < 4.78 is 2.11. The Labute approximate surface area is 114 Å². The van der Waals surface area contributed by atoms with E-state index in [0.717, 1.165) is 29.7 Å². The molecule has 19 heavy (non-hydrogen) atoms. The number of hydrogen-bond acceptors (Lipinski definition) is 3. The molecule has 4 nitrogen and oxygen atoms in total. The topological polar surface area (TPSA) is 47.1 Å². The van der Waals surface area contributed by atoms with Gasteiger partial charge in [0.25, 0.3) is 0 Å². The van der Waals surface area contributed by atoms with E-state index in [9.17, 15) is 0 Å². The Hall–Kier alpha value is -1.55. The van der Waals surface area contributed by atoms with Gasteiger partial charge >= 0.3 is 0 Å². The van der Waals surface area contributed by atoms with Crippen LogP contribution in [-0.4, -0.2) is 27.8 Å². The summed E-state index contributed by atoms with van der Waals surface area (Å²) in [7, 11) is 0. The maximum Gasteiger partial charge on any atom is 0.0703 e. The van der Waals surface area contributed by atoms with Crippen LogP contribution >= 0.6 is 0 Å². The summed E-state index contributed by atoms with van der Waals surface area (Å²) in [5.41, 5.74) is 7.95. The minimum atomic E-state index is 0.675. The largest absolute Gasteiger partial charge is 0.398 e. The third kappa shape index (κ3) is 2.45. The van der Waals surface area contributed by atoms with Gasteiger partial charge < -0.3 is 5.73 Å². The number of nitrogen functional groups attached to an aromatic ring is 1. The molecule has 0 spiro atoms. The number of benzene rings is 1. The number of piperidine rings is 1. The van der Waals surface area contributed by atoms with Crippen molar-refractivity contribution < 1.29 is 0 Å². The zero-order chi connectivity index (χ0) is 13.2. The lowest BCUT2D eigenvalue weighted by atomic mass is 9.98. The Balaban J connectivity index is 1.80. The first-order valence-corrected chi connectivity index (χ1v) is 7.01. The van der Waals surface area contributed by atoms with Crippen molar-refractivity contribution in [3.63, 3.8) is 0 Å². The fourth-order valence-corrected chi connectivity index (χ4v) is 3.00. The fraction of sp³-hybridized carbons (Fsp3) is 0.467. The van der Waals surface area contributed by atoms with Crippen molar-refractivity contribution in [2.45, 2.75) is 26.3 Å². The summed E-state index contributed by atoms with van der Waals surface area (Å²) in [6, 6.07) is 6.04. The Bertz CT molecular complexity index is 560. The van der Waals surface area contributed by atoms with Gasteiger partial charge in [-0.15, -0.1) is 0 Å². The molecular formula is C15H21N4. The standard InChI is InChI=1S/C15H21N4/c1-2-18-8-4-5-12(10-18)11-19-15-7-3-6-14(16)13(15)9-17-19/h2-3,6-7,9,12H,4-5,8,10-11,16H2,1H3. The molecule has 0 aliphatic carbocycles. The van der Waals surface area contributed by atoms with E-state index < -0.39 is 0 Å². The highest BCUT2D eigenvalue weighted by Crippen LogP contribution is 2.24. The predicted molar refractivity (Wildman–Crippen MR) is 78.4 cm³/mol. The van der Waals surface area contributed by atoms with Crippen LogP contribution in [0.15, 0.2) is 24.4 Å². The molecule has 1 saturated heterocycles. The minimum Gasteiger partial charge on any atom is -0.398 e. The molecule has 2 N–H and O–H groups in total. The van der Waals surface area contributed by atoms with Gasteiger partial charge in [-0.3, -0.25) is 9.58 Å². The average Bonchev–Trinajstić information content (AvgIpc) is 2.84. The molecule has 0 saturated carbocycles. The second kappa shape index (κ2) is 5.21. The van der Waals surface area contributed by atoms with Crippen LogP contribution in [0.4, 0.5) is 5.69 Å². The molecule has 4 heteroatoms. The van der Waals surface area contributed by atoms with Crippen LogP contribution in [-0.2, 0) is 6.54 Å². The van der Waals surface area contributed by atoms with Gasteiger partial charge in [0.1, 0.15) is 0 Å². The normalized spacial score (nSPS) is 21.0. The van der Waals surface area contributed by atoms with Gasteiger partial charge in [-0.1, -0.05) is 6.07 Å². The van der Waals surface area contributed by atoms with Crippen molar-refractivity contribution in [1.82, 2.24) is 14.7 Å². The molecule has 1 aromatic carbocycles. The Morgan fingerprint density at radius 2 is 2.37 bits per heavy atom.